The van der Waals surface area contributed by atoms with Crippen molar-refractivity contribution in [1.82, 2.24) is 20.0 Å². The molecular formula is C21H33N5O. The first-order valence-electron chi connectivity index (χ1n) is 10.2. The van der Waals surface area contributed by atoms with Gasteiger partial charge in [0.1, 0.15) is 0 Å². The molecule has 0 spiro atoms. The maximum absolute atomic E-state index is 11.5. The lowest BCUT2D eigenvalue weighted by Gasteiger charge is -2.37. The Morgan fingerprint density at radius 3 is 2.44 bits per heavy atom. The molecule has 1 N–H and O–H groups in total. The van der Waals surface area contributed by atoms with E-state index in [2.05, 4.69) is 53.2 Å². The van der Waals surface area contributed by atoms with Crippen LogP contribution >= 0.6 is 0 Å². The molecule has 148 valence electrons. The quantitative estimate of drug-likeness (QED) is 0.645. The molecule has 2 aliphatic rings. The van der Waals surface area contributed by atoms with Crippen molar-refractivity contribution in [3.8, 4) is 0 Å². The number of piperazine rings is 1. The molecule has 0 aromatic heterocycles. The molecule has 0 saturated carbocycles. The third-order valence-corrected chi connectivity index (χ3v) is 5.65. The van der Waals surface area contributed by atoms with Crippen LogP contribution < -0.4 is 5.32 Å². The summed E-state index contributed by atoms with van der Waals surface area (Å²) in [5, 5.41) is 3.42. The summed E-state index contributed by atoms with van der Waals surface area (Å²) in [6, 6.07) is 9.17. The van der Waals surface area contributed by atoms with Gasteiger partial charge in [0.15, 0.2) is 5.96 Å². The van der Waals surface area contributed by atoms with Gasteiger partial charge in [0.2, 0.25) is 5.91 Å². The summed E-state index contributed by atoms with van der Waals surface area (Å²) in [6.07, 6.45) is 1.12. The fourth-order valence-corrected chi connectivity index (χ4v) is 3.89. The summed E-state index contributed by atoms with van der Waals surface area (Å²) in [4.78, 5) is 23.2. The monoisotopic (exact) mass is 371 g/mol. The minimum absolute atomic E-state index is 0.163. The molecule has 2 aliphatic heterocycles. The number of nitrogens with zero attached hydrogens (tertiary/aromatic N) is 4. The molecule has 6 heteroatoms. The van der Waals surface area contributed by atoms with Crippen molar-refractivity contribution in [3.63, 3.8) is 0 Å². The van der Waals surface area contributed by atoms with E-state index in [4.69, 9.17) is 4.99 Å². The van der Waals surface area contributed by atoms with E-state index in [0.29, 0.717) is 6.04 Å². The molecule has 0 bridgehead atoms. The van der Waals surface area contributed by atoms with E-state index in [1.165, 1.54) is 11.1 Å². The summed E-state index contributed by atoms with van der Waals surface area (Å²) >= 11 is 0. The van der Waals surface area contributed by atoms with Gasteiger partial charge in [-0.05, 0) is 31.4 Å². The van der Waals surface area contributed by atoms with E-state index >= 15 is 0 Å². The second-order valence-electron chi connectivity index (χ2n) is 7.53. The average Bonchev–Trinajstić information content (AvgIpc) is 2.70. The Morgan fingerprint density at radius 2 is 1.78 bits per heavy atom. The topological polar surface area (TPSA) is 51.2 Å². The Labute approximate surface area is 163 Å². The van der Waals surface area contributed by atoms with Crippen LogP contribution in [0.3, 0.4) is 0 Å². The predicted molar refractivity (Wildman–Crippen MR) is 110 cm³/mol. The first kappa shape index (κ1) is 19.7. The number of benzene rings is 1. The van der Waals surface area contributed by atoms with E-state index < -0.39 is 0 Å². The molecule has 27 heavy (non-hydrogen) atoms. The van der Waals surface area contributed by atoms with Gasteiger partial charge in [0, 0.05) is 58.8 Å². The van der Waals surface area contributed by atoms with Gasteiger partial charge in [-0.3, -0.25) is 14.7 Å². The first-order chi connectivity index (χ1) is 13.1. The molecule has 1 unspecified atom stereocenters. The highest BCUT2D eigenvalue weighted by Crippen LogP contribution is 2.20. The lowest BCUT2D eigenvalue weighted by Crippen LogP contribution is -2.53. The van der Waals surface area contributed by atoms with Crippen LogP contribution in [0.25, 0.3) is 0 Å². The van der Waals surface area contributed by atoms with E-state index in [9.17, 15) is 4.79 Å². The van der Waals surface area contributed by atoms with Gasteiger partial charge in [0.25, 0.3) is 0 Å². The number of amides is 1. The number of rotatable bonds is 4. The Kier molecular flexibility index (Phi) is 6.72. The lowest BCUT2D eigenvalue weighted by atomic mass is 9.99. The number of hydrogen-bond acceptors (Lipinski definition) is 3. The highest BCUT2D eigenvalue weighted by Gasteiger charge is 2.23. The summed E-state index contributed by atoms with van der Waals surface area (Å²) in [6.45, 7) is 13.0. The van der Waals surface area contributed by atoms with Crippen LogP contribution in [0.4, 0.5) is 0 Å². The van der Waals surface area contributed by atoms with Gasteiger partial charge in [-0.1, -0.05) is 24.3 Å². The number of nitrogens with one attached hydrogen (secondary N) is 1. The molecule has 3 rings (SSSR count). The largest absolute Gasteiger partial charge is 0.357 e. The van der Waals surface area contributed by atoms with E-state index in [-0.39, 0.29) is 5.91 Å². The predicted octanol–water partition coefficient (Wildman–Crippen LogP) is 1.56. The molecule has 1 saturated heterocycles. The third-order valence-electron chi connectivity index (χ3n) is 5.65. The molecule has 1 atom stereocenters. The van der Waals surface area contributed by atoms with Crippen LogP contribution in [0, 0.1) is 0 Å². The summed E-state index contributed by atoms with van der Waals surface area (Å²) in [5.74, 6) is 1.14. The number of carbonyl (C=O) groups is 1. The molecule has 1 aromatic rings. The van der Waals surface area contributed by atoms with Crippen molar-refractivity contribution in [1.29, 1.82) is 0 Å². The number of fused-ring (bicyclic) bond motifs is 1. The van der Waals surface area contributed by atoms with Crippen LogP contribution in [-0.4, -0.2) is 78.4 Å². The van der Waals surface area contributed by atoms with Crippen LogP contribution in [0.15, 0.2) is 29.3 Å². The van der Waals surface area contributed by atoms with Crippen LogP contribution in [0.5, 0.6) is 0 Å². The molecule has 1 amide bonds. The van der Waals surface area contributed by atoms with Crippen molar-refractivity contribution in [2.45, 2.75) is 39.8 Å². The molecular weight excluding hydrogens is 338 g/mol. The zero-order chi connectivity index (χ0) is 19.2. The number of hydrogen-bond donors (Lipinski definition) is 1. The van der Waals surface area contributed by atoms with E-state index in [1.54, 1.807) is 6.92 Å². The van der Waals surface area contributed by atoms with Gasteiger partial charge in [-0.25, -0.2) is 0 Å². The minimum atomic E-state index is 0.163. The lowest BCUT2D eigenvalue weighted by molar-refractivity contribution is -0.130. The van der Waals surface area contributed by atoms with Crippen molar-refractivity contribution >= 4 is 11.9 Å². The fraction of sp³-hybridized carbons (Fsp3) is 0.619. The van der Waals surface area contributed by atoms with Crippen LogP contribution in [0.1, 0.15) is 31.9 Å². The van der Waals surface area contributed by atoms with Gasteiger partial charge in [-0.15, -0.1) is 0 Å². The molecule has 1 aromatic carbocycles. The second-order valence-corrected chi connectivity index (χ2v) is 7.53. The average molecular weight is 372 g/mol. The Hall–Kier alpha value is -2.08. The maximum atomic E-state index is 11.5. The Morgan fingerprint density at radius 1 is 1.11 bits per heavy atom. The zero-order valence-electron chi connectivity index (χ0n) is 16.9. The number of carbonyl (C=O) groups excluding carboxylic acids is 1. The minimum Gasteiger partial charge on any atom is -0.357 e. The fourth-order valence-electron chi connectivity index (χ4n) is 3.89. The van der Waals surface area contributed by atoms with Crippen LogP contribution in [0.2, 0.25) is 0 Å². The van der Waals surface area contributed by atoms with Crippen molar-refractivity contribution in [3.05, 3.63) is 35.4 Å². The van der Waals surface area contributed by atoms with Crippen molar-refractivity contribution in [2.24, 2.45) is 4.99 Å². The normalized spacial score (nSPS) is 19.6. The first-order valence-corrected chi connectivity index (χ1v) is 10.2. The highest BCUT2D eigenvalue weighted by atomic mass is 16.2. The molecule has 6 nitrogen and oxygen atoms in total. The van der Waals surface area contributed by atoms with Crippen molar-refractivity contribution in [2.75, 3.05) is 45.8 Å². The van der Waals surface area contributed by atoms with Gasteiger partial charge in [0.05, 0.1) is 6.54 Å². The van der Waals surface area contributed by atoms with Crippen molar-refractivity contribution < 1.29 is 4.79 Å². The Bertz CT molecular complexity index is 666. The standard InChI is InChI=1S/C21H33N5O/c1-4-22-21(25-13-11-24(12-14-25)18(3)27)23-15-17(2)26-10-9-19-7-5-6-8-20(19)16-26/h5-8,17H,4,9-16H2,1-3H3,(H,22,23). The van der Waals surface area contributed by atoms with E-state index in [1.807, 2.05) is 4.90 Å². The molecule has 0 aliphatic carbocycles. The summed E-state index contributed by atoms with van der Waals surface area (Å²) < 4.78 is 0. The zero-order valence-corrected chi connectivity index (χ0v) is 16.9. The Balaban J connectivity index is 1.58. The van der Waals surface area contributed by atoms with E-state index in [0.717, 1.165) is 64.7 Å². The smallest absolute Gasteiger partial charge is 0.219 e. The maximum Gasteiger partial charge on any atom is 0.219 e. The highest BCUT2D eigenvalue weighted by molar-refractivity contribution is 5.80. The molecule has 2 heterocycles. The summed E-state index contributed by atoms with van der Waals surface area (Å²) in [7, 11) is 0. The number of aliphatic imine (C=N–C) groups is 1. The second kappa shape index (κ2) is 9.22. The van der Waals surface area contributed by atoms with Gasteiger partial charge < -0.3 is 15.1 Å². The van der Waals surface area contributed by atoms with Gasteiger partial charge >= 0.3 is 0 Å². The third kappa shape index (κ3) is 5.01. The molecule has 0 radical (unpaired) electrons. The van der Waals surface area contributed by atoms with Gasteiger partial charge in [-0.2, -0.15) is 0 Å². The SMILES string of the molecule is CCNC(=NCC(C)N1CCc2ccccc2C1)N1CCN(C(C)=O)CC1. The molecule has 1 fully saturated rings. The van der Waals surface area contributed by atoms with Crippen LogP contribution in [-0.2, 0) is 17.8 Å². The number of guanidine groups is 1. The summed E-state index contributed by atoms with van der Waals surface area (Å²) in [5.41, 5.74) is 2.94.